The lowest BCUT2D eigenvalue weighted by molar-refractivity contribution is -0.345. The van der Waals surface area contributed by atoms with Gasteiger partial charge in [0.2, 0.25) is 11.4 Å². The van der Waals surface area contributed by atoms with E-state index >= 15 is 0 Å². The number of hydrogen-bond donors (Lipinski definition) is 0. The fourth-order valence-electron chi connectivity index (χ4n) is 5.98. The lowest BCUT2D eigenvalue weighted by Crippen LogP contribution is -2.08. The molecular formula is C39H54N2. The Morgan fingerprint density at radius 2 is 1.10 bits per heavy atom. The molecule has 0 amide bonds. The molecule has 2 aromatic rings. The molecule has 0 N–H and O–H groups in total. The normalized spacial score (nSPS) is 14.0. The van der Waals surface area contributed by atoms with Crippen LogP contribution in [0, 0.1) is 0 Å². The minimum Gasteiger partial charge on any atom is -0.493 e. The molecule has 0 unspecified atom stereocenters. The summed E-state index contributed by atoms with van der Waals surface area (Å²) < 4.78 is 1.58. The van der Waals surface area contributed by atoms with Crippen molar-refractivity contribution in [3.63, 3.8) is 0 Å². The van der Waals surface area contributed by atoms with Crippen molar-refractivity contribution in [1.29, 1.82) is 0 Å². The number of unbranched alkanes of at least 4 members (excludes halogenated alkanes) is 3. The van der Waals surface area contributed by atoms with Crippen LogP contribution in [-0.4, -0.2) is 4.70 Å². The molecule has 2 nitrogen and oxygen atoms in total. The Morgan fingerprint density at radius 3 is 1.56 bits per heavy atom. The number of aryl methyl sites for hydroxylation is 4. The first-order valence-corrected chi connectivity index (χ1v) is 16.4. The molecule has 0 aromatic heterocycles. The maximum atomic E-state index is 12.2. The van der Waals surface area contributed by atoms with Gasteiger partial charge in [0, 0.05) is 22.3 Å². The predicted molar refractivity (Wildman–Crippen MR) is 179 cm³/mol. The Hall–Kier alpha value is -3.00. The lowest BCUT2D eigenvalue weighted by Gasteiger charge is -2.17. The highest BCUT2D eigenvalue weighted by Crippen LogP contribution is 2.44. The van der Waals surface area contributed by atoms with Crippen LogP contribution in [-0.2, 0) is 25.7 Å². The molecule has 0 atom stereocenters. The van der Waals surface area contributed by atoms with Gasteiger partial charge in [-0.15, -0.1) is 0 Å². The average molecular weight is 551 g/mol. The quantitative estimate of drug-likeness (QED) is 0.138. The fraction of sp³-hybridized carbons (Fsp3) is 0.487. The van der Waals surface area contributed by atoms with Crippen molar-refractivity contribution in [3.8, 4) is 0 Å². The zero-order valence-corrected chi connectivity index (χ0v) is 26.9. The third-order valence-electron chi connectivity index (χ3n) is 8.43. The third kappa shape index (κ3) is 8.51. The molecule has 0 radical (unpaired) electrons. The predicted octanol–water partition coefficient (Wildman–Crippen LogP) is 11.8. The van der Waals surface area contributed by atoms with Gasteiger partial charge in [0.05, 0.1) is 0 Å². The number of nitrogens with zero attached hydrogens (tertiary/aromatic N) is 2. The highest BCUT2D eigenvalue weighted by atomic mass is 15.2. The summed E-state index contributed by atoms with van der Waals surface area (Å²) in [6, 6.07) is 14.0. The second kappa shape index (κ2) is 17.1. The maximum absolute atomic E-state index is 12.2. The Balaban J connectivity index is 2.18. The van der Waals surface area contributed by atoms with Crippen molar-refractivity contribution in [2.24, 2.45) is 0 Å². The van der Waals surface area contributed by atoms with Crippen LogP contribution in [0.5, 0.6) is 0 Å². The number of hydrogen-bond acceptors (Lipinski definition) is 0. The first-order valence-electron chi connectivity index (χ1n) is 16.4. The van der Waals surface area contributed by atoms with E-state index in [1.807, 2.05) is 0 Å². The van der Waals surface area contributed by atoms with Gasteiger partial charge in [-0.05, 0) is 119 Å². The molecule has 0 spiro atoms. The molecule has 2 aromatic carbocycles. The standard InChI is InChI=1S/C39H54N2/c1-7-12-17-21-33-26-24-31(19-14-9-3)28-36(33)38-30(6)35(23-16-11-5)39(41(38)40)37-29-32(20-15-10-4)25-27-34(37)22-18-13-8-2/h7-8,12-13,24-29H,9-11,14-23H2,1-6H3. The molecule has 1 aliphatic heterocycles. The van der Waals surface area contributed by atoms with Gasteiger partial charge < -0.3 is 5.53 Å². The minimum absolute atomic E-state index is 0.971. The Morgan fingerprint density at radius 1 is 0.634 bits per heavy atom. The molecule has 2 heteroatoms. The number of benzene rings is 2. The molecule has 1 aliphatic rings. The monoisotopic (exact) mass is 550 g/mol. The van der Waals surface area contributed by atoms with E-state index < -0.39 is 0 Å². The Bertz CT molecular complexity index is 1280. The molecular weight excluding hydrogens is 496 g/mol. The van der Waals surface area contributed by atoms with E-state index in [9.17, 15) is 5.53 Å². The summed E-state index contributed by atoms with van der Waals surface area (Å²) in [5, 5.41) is 0. The van der Waals surface area contributed by atoms with Gasteiger partial charge in [0.25, 0.3) is 0 Å². The zero-order valence-electron chi connectivity index (χ0n) is 26.9. The molecule has 0 saturated carbocycles. The van der Waals surface area contributed by atoms with Crippen LogP contribution in [0.1, 0.15) is 133 Å². The van der Waals surface area contributed by atoms with E-state index in [2.05, 4.69) is 102 Å². The third-order valence-corrected chi connectivity index (χ3v) is 8.43. The van der Waals surface area contributed by atoms with Crippen LogP contribution in [0.15, 0.2) is 71.8 Å². The Labute approximate surface area is 251 Å². The average Bonchev–Trinajstić information content (AvgIpc) is 3.23. The Kier molecular flexibility index (Phi) is 13.5. The summed E-state index contributed by atoms with van der Waals surface area (Å²) in [6.07, 6.45) is 22.9. The van der Waals surface area contributed by atoms with E-state index in [0.29, 0.717) is 0 Å². The minimum atomic E-state index is 0.971. The summed E-state index contributed by atoms with van der Waals surface area (Å²) in [5.41, 5.74) is 24.5. The zero-order chi connectivity index (χ0) is 29.6. The summed E-state index contributed by atoms with van der Waals surface area (Å²) in [7, 11) is 0. The fourth-order valence-corrected chi connectivity index (χ4v) is 5.98. The summed E-state index contributed by atoms with van der Waals surface area (Å²) in [6.45, 7) is 13.2. The van der Waals surface area contributed by atoms with Crippen molar-refractivity contribution in [2.45, 2.75) is 125 Å². The first kappa shape index (κ1) is 32.5. The van der Waals surface area contributed by atoms with Crippen LogP contribution < -0.4 is 0 Å². The first-order chi connectivity index (χ1) is 20.0. The van der Waals surface area contributed by atoms with E-state index in [-0.39, 0.29) is 0 Å². The lowest BCUT2D eigenvalue weighted by atomic mass is 9.91. The van der Waals surface area contributed by atoms with Gasteiger partial charge in [0.15, 0.2) is 0 Å². The van der Waals surface area contributed by atoms with Crippen LogP contribution in [0.3, 0.4) is 0 Å². The molecule has 0 bridgehead atoms. The van der Waals surface area contributed by atoms with Gasteiger partial charge in [-0.3, -0.25) is 0 Å². The van der Waals surface area contributed by atoms with E-state index in [4.69, 9.17) is 0 Å². The highest BCUT2D eigenvalue weighted by molar-refractivity contribution is 5.83. The van der Waals surface area contributed by atoms with Crippen LogP contribution in [0.25, 0.3) is 16.9 Å². The second-order valence-electron chi connectivity index (χ2n) is 11.6. The second-order valence-corrected chi connectivity index (χ2v) is 11.6. The van der Waals surface area contributed by atoms with Gasteiger partial charge in [-0.1, -0.05) is 88.6 Å². The number of rotatable bonds is 17. The molecule has 0 fully saturated rings. The van der Waals surface area contributed by atoms with E-state index in [0.717, 1.165) is 69.2 Å². The van der Waals surface area contributed by atoms with Gasteiger partial charge in [-0.25, -0.2) is 4.70 Å². The van der Waals surface area contributed by atoms with E-state index in [1.54, 1.807) is 4.70 Å². The molecule has 41 heavy (non-hydrogen) atoms. The van der Waals surface area contributed by atoms with Crippen LogP contribution in [0.4, 0.5) is 0 Å². The van der Waals surface area contributed by atoms with E-state index in [1.165, 1.54) is 70.2 Å². The van der Waals surface area contributed by atoms with Gasteiger partial charge >= 0.3 is 0 Å². The largest absolute Gasteiger partial charge is 0.493 e. The van der Waals surface area contributed by atoms with Crippen molar-refractivity contribution >= 4 is 11.4 Å². The van der Waals surface area contributed by atoms with Crippen molar-refractivity contribution < 1.29 is 4.70 Å². The topological polar surface area (TPSA) is 25.3 Å². The summed E-state index contributed by atoms with van der Waals surface area (Å²) in [5.74, 6) is 0. The summed E-state index contributed by atoms with van der Waals surface area (Å²) >= 11 is 0. The number of allylic oxidation sites excluding steroid dienone is 6. The smallest absolute Gasteiger partial charge is 0.211 e. The van der Waals surface area contributed by atoms with Crippen molar-refractivity contribution in [2.75, 3.05) is 0 Å². The SMILES string of the molecule is CC=CCCc1ccc(CCCC)cc1C1=C(C)C(CCCC)=C(c2cc(CCCC)ccc2CCC=CC)[N+]1=[N-]. The molecule has 0 saturated heterocycles. The molecule has 0 aliphatic carbocycles. The highest BCUT2D eigenvalue weighted by Gasteiger charge is 2.35. The maximum Gasteiger partial charge on any atom is 0.211 e. The van der Waals surface area contributed by atoms with Crippen molar-refractivity contribution in [3.05, 3.63) is 111 Å². The van der Waals surface area contributed by atoms with Crippen LogP contribution >= 0.6 is 0 Å². The van der Waals surface area contributed by atoms with Gasteiger partial charge in [0.1, 0.15) is 0 Å². The summed E-state index contributed by atoms with van der Waals surface area (Å²) in [4.78, 5) is 0. The van der Waals surface area contributed by atoms with Crippen LogP contribution in [0.2, 0.25) is 0 Å². The van der Waals surface area contributed by atoms with Gasteiger partial charge in [-0.2, -0.15) is 0 Å². The molecule has 220 valence electrons. The molecule has 1 heterocycles. The van der Waals surface area contributed by atoms with Crippen molar-refractivity contribution in [1.82, 2.24) is 0 Å². The molecule has 3 rings (SSSR count).